The molecule has 0 amide bonds. The van der Waals surface area contributed by atoms with E-state index >= 15 is 0 Å². The van der Waals surface area contributed by atoms with Crippen molar-refractivity contribution in [3.05, 3.63) is 23.8 Å². The average molecular weight is 262 g/mol. The van der Waals surface area contributed by atoms with Crippen LogP contribution >= 0.6 is 0 Å². The monoisotopic (exact) mass is 262 g/mol. The van der Waals surface area contributed by atoms with Gasteiger partial charge in [0, 0.05) is 32.1 Å². The molecule has 0 saturated carbocycles. The molecular weight excluding hydrogens is 240 g/mol. The Morgan fingerprint density at radius 2 is 2.00 bits per heavy atom. The van der Waals surface area contributed by atoms with Crippen molar-refractivity contribution in [2.45, 2.75) is 18.9 Å². The average Bonchev–Trinajstić information content (AvgIpc) is 2.58. The van der Waals surface area contributed by atoms with Crippen molar-refractivity contribution in [1.29, 1.82) is 0 Å². The minimum absolute atomic E-state index is 0.709. The first-order valence-electron chi connectivity index (χ1n) is 7.12. The number of rotatable bonds is 4. The van der Waals surface area contributed by atoms with Gasteiger partial charge in [-0.1, -0.05) is 6.07 Å². The smallest absolute Gasteiger partial charge is 0.161 e. The second-order valence-electron chi connectivity index (χ2n) is 5.37. The highest BCUT2D eigenvalue weighted by atomic mass is 16.5. The Kier molecular flexibility index (Phi) is 3.89. The molecule has 0 atom stereocenters. The third-order valence-corrected chi connectivity index (χ3v) is 3.95. The van der Waals surface area contributed by atoms with Gasteiger partial charge in [0.1, 0.15) is 0 Å². The van der Waals surface area contributed by atoms with E-state index < -0.39 is 0 Å². The van der Waals surface area contributed by atoms with E-state index in [1.165, 1.54) is 5.56 Å². The fourth-order valence-corrected chi connectivity index (χ4v) is 2.44. The summed E-state index contributed by atoms with van der Waals surface area (Å²) >= 11 is 0. The zero-order chi connectivity index (χ0) is 13.1. The lowest BCUT2D eigenvalue weighted by atomic mass is 10.1. The van der Waals surface area contributed by atoms with Crippen LogP contribution in [0.25, 0.3) is 0 Å². The van der Waals surface area contributed by atoms with Gasteiger partial charge in [-0.15, -0.1) is 0 Å². The zero-order valence-corrected chi connectivity index (χ0v) is 11.5. The molecule has 4 nitrogen and oxygen atoms in total. The SMILES string of the molecule is CN(CCc1ccc2c(c1)OCCCO2)C1CNC1. The second-order valence-corrected chi connectivity index (χ2v) is 5.37. The number of nitrogens with zero attached hydrogens (tertiary/aromatic N) is 1. The van der Waals surface area contributed by atoms with Crippen molar-refractivity contribution in [2.24, 2.45) is 0 Å². The van der Waals surface area contributed by atoms with Gasteiger partial charge in [0.15, 0.2) is 11.5 Å². The summed E-state index contributed by atoms with van der Waals surface area (Å²) in [6, 6.07) is 7.04. The van der Waals surface area contributed by atoms with E-state index in [1.807, 2.05) is 6.07 Å². The first-order chi connectivity index (χ1) is 9.33. The highest BCUT2D eigenvalue weighted by molar-refractivity contribution is 5.43. The van der Waals surface area contributed by atoms with Gasteiger partial charge >= 0.3 is 0 Å². The summed E-state index contributed by atoms with van der Waals surface area (Å²) in [4.78, 5) is 2.43. The molecule has 0 aromatic heterocycles. The normalized spacial score (nSPS) is 19.1. The van der Waals surface area contributed by atoms with Crippen molar-refractivity contribution in [3.63, 3.8) is 0 Å². The first kappa shape index (κ1) is 12.8. The van der Waals surface area contributed by atoms with Gasteiger partial charge < -0.3 is 19.7 Å². The Hall–Kier alpha value is -1.26. The van der Waals surface area contributed by atoms with Crippen LogP contribution in [0.2, 0.25) is 0 Å². The number of nitrogens with one attached hydrogen (secondary N) is 1. The van der Waals surface area contributed by atoms with E-state index in [0.717, 1.165) is 57.2 Å². The van der Waals surface area contributed by atoms with Crippen molar-refractivity contribution in [1.82, 2.24) is 10.2 Å². The summed E-state index contributed by atoms with van der Waals surface area (Å²) in [6.07, 6.45) is 2.02. The summed E-state index contributed by atoms with van der Waals surface area (Å²) in [6.45, 7) is 4.84. The fraction of sp³-hybridized carbons (Fsp3) is 0.600. The molecule has 0 radical (unpaired) electrons. The molecule has 1 aromatic carbocycles. The van der Waals surface area contributed by atoms with Gasteiger partial charge in [0.25, 0.3) is 0 Å². The van der Waals surface area contributed by atoms with E-state index in [-0.39, 0.29) is 0 Å². The predicted molar refractivity (Wildman–Crippen MR) is 75.0 cm³/mol. The standard InChI is InChI=1S/C15H22N2O2/c1-17(13-10-16-11-13)6-5-12-3-4-14-15(9-12)19-8-2-7-18-14/h3-4,9,13,16H,2,5-8,10-11H2,1H3. The van der Waals surface area contributed by atoms with Crippen LogP contribution in [-0.2, 0) is 6.42 Å². The Balaban J connectivity index is 1.60. The van der Waals surface area contributed by atoms with Gasteiger partial charge in [0.2, 0.25) is 0 Å². The number of hydrogen-bond donors (Lipinski definition) is 1. The second kappa shape index (κ2) is 5.80. The number of ether oxygens (including phenoxy) is 2. The molecule has 2 aliphatic rings. The van der Waals surface area contributed by atoms with E-state index in [1.54, 1.807) is 0 Å². The van der Waals surface area contributed by atoms with E-state index in [2.05, 4.69) is 29.4 Å². The van der Waals surface area contributed by atoms with Gasteiger partial charge in [-0.2, -0.15) is 0 Å². The lowest BCUT2D eigenvalue weighted by molar-refractivity contribution is 0.182. The molecule has 104 valence electrons. The molecule has 3 rings (SSSR count). The molecule has 4 heteroatoms. The van der Waals surface area contributed by atoms with Crippen LogP contribution < -0.4 is 14.8 Å². The zero-order valence-electron chi connectivity index (χ0n) is 11.5. The largest absolute Gasteiger partial charge is 0.490 e. The van der Waals surface area contributed by atoms with Crippen LogP contribution in [-0.4, -0.2) is 50.8 Å². The molecule has 0 bridgehead atoms. The predicted octanol–water partition coefficient (Wildman–Crippen LogP) is 1.29. The highest BCUT2D eigenvalue weighted by Crippen LogP contribution is 2.30. The maximum absolute atomic E-state index is 5.73. The van der Waals surface area contributed by atoms with Crippen molar-refractivity contribution >= 4 is 0 Å². The summed E-state index contributed by atoms with van der Waals surface area (Å²) in [5.74, 6) is 1.79. The third-order valence-electron chi connectivity index (χ3n) is 3.95. The van der Waals surface area contributed by atoms with Crippen LogP contribution in [0.3, 0.4) is 0 Å². The number of likely N-dealkylation sites (N-methyl/N-ethyl adjacent to an activating group) is 1. The molecule has 1 saturated heterocycles. The summed E-state index contributed by atoms with van der Waals surface area (Å²) in [7, 11) is 2.20. The molecular formula is C15H22N2O2. The van der Waals surface area contributed by atoms with Crippen LogP contribution in [0.1, 0.15) is 12.0 Å². The molecule has 19 heavy (non-hydrogen) atoms. The number of benzene rings is 1. The molecule has 0 spiro atoms. The lowest BCUT2D eigenvalue weighted by Crippen LogP contribution is -2.56. The lowest BCUT2D eigenvalue weighted by Gasteiger charge is -2.35. The highest BCUT2D eigenvalue weighted by Gasteiger charge is 2.21. The quantitative estimate of drug-likeness (QED) is 0.886. The van der Waals surface area contributed by atoms with Gasteiger partial charge in [-0.25, -0.2) is 0 Å². The Morgan fingerprint density at radius 3 is 2.74 bits per heavy atom. The maximum atomic E-state index is 5.73. The molecule has 1 N–H and O–H groups in total. The minimum atomic E-state index is 0.709. The van der Waals surface area contributed by atoms with E-state index in [0.29, 0.717) is 6.04 Å². The minimum Gasteiger partial charge on any atom is -0.490 e. The molecule has 0 aliphatic carbocycles. The molecule has 0 unspecified atom stereocenters. The molecule has 1 aromatic rings. The van der Waals surface area contributed by atoms with E-state index in [4.69, 9.17) is 9.47 Å². The van der Waals surface area contributed by atoms with Crippen molar-refractivity contribution in [3.8, 4) is 11.5 Å². The topological polar surface area (TPSA) is 33.7 Å². The van der Waals surface area contributed by atoms with Crippen LogP contribution in [0.15, 0.2) is 18.2 Å². The summed E-state index contributed by atoms with van der Waals surface area (Å²) in [5.41, 5.74) is 1.32. The Bertz CT molecular complexity index is 432. The van der Waals surface area contributed by atoms with E-state index in [9.17, 15) is 0 Å². The van der Waals surface area contributed by atoms with Gasteiger partial charge in [-0.05, 0) is 31.2 Å². The maximum Gasteiger partial charge on any atom is 0.161 e. The molecule has 2 aliphatic heterocycles. The van der Waals surface area contributed by atoms with Crippen LogP contribution in [0.4, 0.5) is 0 Å². The number of fused-ring (bicyclic) bond motifs is 1. The van der Waals surface area contributed by atoms with Crippen LogP contribution in [0.5, 0.6) is 11.5 Å². The summed E-state index contributed by atoms with van der Waals surface area (Å²) < 4.78 is 11.4. The first-order valence-corrected chi connectivity index (χ1v) is 7.12. The molecule has 2 heterocycles. The third kappa shape index (κ3) is 3.01. The fourth-order valence-electron chi connectivity index (χ4n) is 2.44. The van der Waals surface area contributed by atoms with Gasteiger partial charge in [-0.3, -0.25) is 0 Å². The Morgan fingerprint density at radius 1 is 1.21 bits per heavy atom. The van der Waals surface area contributed by atoms with Crippen molar-refractivity contribution < 1.29 is 9.47 Å². The van der Waals surface area contributed by atoms with Crippen molar-refractivity contribution in [2.75, 3.05) is 39.9 Å². The number of hydrogen-bond acceptors (Lipinski definition) is 4. The van der Waals surface area contributed by atoms with Gasteiger partial charge in [0.05, 0.1) is 13.2 Å². The Labute approximate surface area is 114 Å². The summed E-state index contributed by atoms with van der Waals surface area (Å²) in [5, 5.41) is 3.31. The molecule has 1 fully saturated rings. The van der Waals surface area contributed by atoms with Crippen LogP contribution in [0, 0.1) is 0 Å².